The summed E-state index contributed by atoms with van der Waals surface area (Å²) in [5, 5.41) is 2.67. The van der Waals surface area contributed by atoms with E-state index in [1.165, 1.54) is 5.56 Å². The van der Waals surface area contributed by atoms with Crippen molar-refractivity contribution in [1.82, 2.24) is 4.57 Å². The average molecular weight is 390 g/mol. The van der Waals surface area contributed by atoms with Crippen LogP contribution in [0.25, 0.3) is 5.69 Å². The number of aryl methyl sites for hydroxylation is 3. The van der Waals surface area contributed by atoms with Crippen LogP contribution in [0, 0.1) is 27.7 Å². The van der Waals surface area contributed by atoms with E-state index in [0.29, 0.717) is 23.6 Å². The Labute approximate surface area is 171 Å². The highest BCUT2D eigenvalue weighted by Gasteiger charge is 2.23. The molecule has 5 heteroatoms. The second-order valence-corrected chi connectivity index (χ2v) is 7.15. The summed E-state index contributed by atoms with van der Waals surface area (Å²) >= 11 is 0. The van der Waals surface area contributed by atoms with Crippen LogP contribution in [0.1, 0.15) is 39.8 Å². The van der Waals surface area contributed by atoms with Gasteiger partial charge in [-0.3, -0.25) is 9.59 Å². The number of nitrogens with one attached hydrogen (secondary N) is 1. The van der Waals surface area contributed by atoms with Crippen molar-refractivity contribution in [2.24, 2.45) is 0 Å². The molecule has 3 rings (SSSR count). The van der Waals surface area contributed by atoms with Gasteiger partial charge in [-0.1, -0.05) is 17.7 Å². The Kier molecular flexibility index (Phi) is 5.87. The van der Waals surface area contributed by atoms with Crippen molar-refractivity contribution in [2.45, 2.75) is 34.6 Å². The summed E-state index contributed by atoms with van der Waals surface area (Å²) in [7, 11) is 0. The van der Waals surface area contributed by atoms with E-state index in [9.17, 15) is 9.59 Å². The Morgan fingerprint density at radius 1 is 0.966 bits per heavy atom. The monoisotopic (exact) mass is 390 g/mol. The highest BCUT2D eigenvalue weighted by atomic mass is 16.5. The van der Waals surface area contributed by atoms with Gasteiger partial charge < -0.3 is 14.6 Å². The predicted octanol–water partition coefficient (Wildman–Crippen LogP) is 4.93. The average Bonchev–Trinajstić information content (AvgIpc) is 2.97. The lowest BCUT2D eigenvalue weighted by Gasteiger charge is -2.13. The number of carbonyl (C=O) groups is 2. The minimum absolute atomic E-state index is 0.408. The van der Waals surface area contributed by atoms with E-state index in [1.54, 1.807) is 30.3 Å². The van der Waals surface area contributed by atoms with Crippen LogP contribution in [-0.2, 0) is 4.79 Å². The van der Waals surface area contributed by atoms with E-state index in [1.807, 2.05) is 51.3 Å². The topological polar surface area (TPSA) is 60.3 Å². The van der Waals surface area contributed by atoms with Crippen LogP contribution >= 0.6 is 0 Å². The van der Waals surface area contributed by atoms with Gasteiger partial charge in [-0.2, -0.15) is 0 Å². The Bertz CT molecular complexity index is 1060. The van der Waals surface area contributed by atoms with Gasteiger partial charge in [0.15, 0.2) is 0 Å². The zero-order valence-corrected chi connectivity index (χ0v) is 17.5. The van der Waals surface area contributed by atoms with Crippen LogP contribution in [-0.4, -0.2) is 22.9 Å². The molecule has 0 radical (unpaired) electrons. The van der Waals surface area contributed by atoms with Crippen molar-refractivity contribution < 1.29 is 14.3 Å². The molecule has 0 unspecified atom stereocenters. The highest BCUT2D eigenvalue weighted by molar-refractivity contribution is 6.46. The van der Waals surface area contributed by atoms with Crippen LogP contribution in [0.15, 0.2) is 48.5 Å². The number of anilines is 1. The van der Waals surface area contributed by atoms with Gasteiger partial charge in [-0.15, -0.1) is 0 Å². The third kappa shape index (κ3) is 4.24. The van der Waals surface area contributed by atoms with Crippen LogP contribution in [0.3, 0.4) is 0 Å². The number of rotatable bonds is 6. The lowest BCUT2D eigenvalue weighted by atomic mass is 10.1. The third-order valence-electron chi connectivity index (χ3n) is 4.90. The molecule has 0 saturated heterocycles. The quantitative estimate of drug-likeness (QED) is 0.479. The van der Waals surface area contributed by atoms with E-state index < -0.39 is 11.7 Å². The standard InChI is InChI=1S/C24H26N2O3/c1-6-29-20-10-8-19(9-11-20)25-24(28)23(27)21-14-17(4)26(18(21)5)22-12-7-15(2)13-16(22)3/h7-14H,6H2,1-5H3,(H,25,28). The van der Waals surface area contributed by atoms with Gasteiger partial charge in [0.05, 0.1) is 6.61 Å². The molecule has 1 amide bonds. The molecule has 1 heterocycles. The molecular weight excluding hydrogens is 364 g/mol. The maximum atomic E-state index is 12.8. The SMILES string of the molecule is CCOc1ccc(NC(=O)C(=O)c2cc(C)n(-c3ccc(C)cc3C)c2C)cc1. The molecule has 0 spiro atoms. The molecule has 0 atom stereocenters. The number of Topliss-reactive ketones (excluding diaryl/α,β-unsaturated/α-hetero) is 1. The van der Waals surface area contributed by atoms with Crippen molar-refractivity contribution in [1.29, 1.82) is 0 Å². The minimum atomic E-state index is -0.657. The summed E-state index contributed by atoms with van der Waals surface area (Å²) in [4.78, 5) is 25.4. The van der Waals surface area contributed by atoms with E-state index >= 15 is 0 Å². The fourth-order valence-electron chi connectivity index (χ4n) is 3.53. The largest absolute Gasteiger partial charge is 0.494 e. The summed E-state index contributed by atoms with van der Waals surface area (Å²) in [6, 6.07) is 14.9. The van der Waals surface area contributed by atoms with Crippen LogP contribution in [0.2, 0.25) is 0 Å². The summed E-state index contributed by atoms with van der Waals surface area (Å²) in [5.41, 5.74) is 5.93. The van der Waals surface area contributed by atoms with Gasteiger partial charge in [0.1, 0.15) is 5.75 Å². The van der Waals surface area contributed by atoms with Crippen molar-refractivity contribution in [2.75, 3.05) is 11.9 Å². The van der Waals surface area contributed by atoms with Crippen LogP contribution < -0.4 is 10.1 Å². The first kappa shape index (κ1) is 20.4. The normalized spacial score (nSPS) is 10.7. The predicted molar refractivity (Wildman–Crippen MR) is 115 cm³/mol. The van der Waals surface area contributed by atoms with Gasteiger partial charge in [0.25, 0.3) is 11.7 Å². The zero-order valence-electron chi connectivity index (χ0n) is 17.5. The van der Waals surface area contributed by atoms with Gasteiger partial charge in [0.2, 0.25) is 0 Å². The number of ketones is 1. The molecule has 0 aliphatic rings. The van der Waals surface area contributed by atoms with Crippen molar-refractivity contribution in [3.63, 3.8) is 0 Å². The number of carbonyl (C=O) groups excluding carboxylic acids is 2. The fourth-order valence-corrected chi connectivity index (χ4v) is 3.53. The molecule has 1 aromatic heterocycles. The van der Waals surface area contributed by atoms with Crippen molar-refractivity contribution >= 4 is 17.4 Å². The van der Waals surface area contributed by atoms with Gasteiger partial charge in [-0.05, 0) is 76.6 Å². The number of nitrogens with zero attached hydrogens (tertiary/aromatic N) is 1. The lowest BCUT2D eigenvalue weighted by Crippen LogP contribution is -2.23. The zero-order chi connectivity index (χ0) is 21.1. The first-order valence-corrected chi connectivity index (χ1v) is 9.67. The van der Waals surface area contributed by atoms with Gasteiger partial charge in [0, 0.05) is 28.3 Å². The maximum absolute atomic E-state index is 12.8. The van der Waals surface area contributed by atoms with Gasteiger partial charge in [-0.25, -0.2) is 0 Å². The summed E-state index contributed by atoms with van der Waals surface area (Å²) in [6.45, 7) is 10.4. The fraction of sp³-hybridized carbons (Fsp3) is 0.250. The number of hydrogen-bond acceptors (Lipinski definition) is 3. The Balaban J connectivity index is 1.85. The molecule has 0 saturated carbocycles. The summed E-state index contributed by atoms with van der Waals surface area (Å²) in [6.07, 6.45) is 0. The molecule has 0 aliphatic carbocycles. The van der Waals surface area contributed by atoms with Crippen LogP contribution in [0.4, 0.5) is 5.69 Å². The molecule has 3 aromatic rings. The number of aromatic nitrogens is 1. The van der Waals surface area contributed by atoms with Crippen molar-refractivity contribution in [3.05, 3.63) is 76.6 Å². The van der Waals surface area contributed by atoms with Gasteiger partial charge >= 0.3 is 0 Å². The number of hydrogen-bond donors (Lipinski definition) is 1. The molecular formula is C24H26N2O3. The van der Waals surface area contributed by atoms with E-state index in [-0.39, 0.29) is 0 Å². The van der Waals surface area contributed by atoms with E-state index in [4.69, 9.17) is 4.74 Å². The molecule has 2 aromatic carbocycles. The first-order chi connectivity index (χ1) is 13.8. The summed E-state index contributed by atoms with van der Waals surface area (Å²) < 4.78 is 7.41. The molecule has 5 nitrogen and oxygen atoms in total. The van der Waals surface area contributed by atoms with Crippen molar-refractivity contribution in [3.8, 4) is 11.4 Å². The Morgan fingerprint density at radius 3 is 2.28 bits per heavy atom. The number of amides is 1. The molecule has 0 aliphatic heterocycles. The molecule has 29 heavy (non-hydrogen) atoms. The van der Waals surface area contributed by atoms with E-state index in [0.717, 1.165) is 22.6 Å². The summed E-state index contributed by atoms with van der Waals surface area (Å²) in [5.74, 6) is -0.494. The second-order valence-electron chi connectivity index (χ2n) is 7.15. The molecule has 0 fully saturated rings. The Morgan fingerprint density at radius 2 is 1.66 bits per heavy atom. The number of ether oxygens (including phenoxy) is 1. The highest BCUT2D eigenvalue weighted by Crippen LogP contribution is 2.25. The molecule has 0 bridgehead atoms. The Hall–Kier alpha value is -3.34. The van der Waals surface area contributed by atoms with Crippen LogP contribution in [0.5, 0.6) is 5.75 Å². The molecule has 150 valence electrons. The second kappa shape index (κ2) is 8.35. The minimum Gasteiger partial charge on any atom is -0.494 e. The first-order valence-electron chi connectivity index (χ1n) is 9.67. The molecule has 1 N–H and O–H groups in total. The smallest absolute Gasteiger partial charge is 0.296 e. The van der Waals surface area contributed by atoms with E-state index in [2.05, 4.69) is 11.4 Å². The third-order valence-corrected chi connectivity index (χ3v) is 4.90. The maximum Gasteiger partial charge on any atom is 0.296 e. The lowest BCUT2D eigenvalue weighted by molar-refractivity contribution is -0.112. The number of benzene rings is 2.